The highest BCUT2D eigenvalue weighted by Crippen LogP contribution is 2.12. The summed E-state index contributed by atoms with van der Waals surface area (Å²) in [6.45, 7) is 6.29. The van der Waals surface area contributed by atoms with Gasteiger partial charge in [-0.2, -0.15) is 0 Å². The second kappa shape index (κ2) is 8.02. The van der Waals surface area contributed by atoms with E-state index < -0.39 is 0 Å². The molecule has 20 heavy (non-hydrogen) atoms. The van der Waals surface area contributed by atoms with Crippen LogP contribution in [0.25, 0.3) is 0 Å². The molecule has 4 heteroatoms. The minimum absolute atomic E-state index is 0.0979. The Hall–Kier alpha value is -1.39. The summed E-state index contributed by atoms with van der Waals surface area (Å²) < 4.78 is 0. The quantitative estimate of drug-likeness (QED) is 0.823. The number of rotatable bonds is 7. The number of nitrogens with zero attached hydrogens (tertiary/aromatic N) is 2. The number of carbonyl (C=O) groups is 1. The molecule has 1 unspecified atom stereocenters. The molecule has 112 valence electrons. The van der Waals surface area contributed by atoms with Crippen LogP contribution in [0.15, 0.2) is 24.3 Å². The van der Waals surface area contributed by atoms with E-state index in [1.54, 1.807) is 0 Å². The van der Waals surface area contributed by atoms with Gasteiger partial charge in [0.1, 0.15) is 0 Å². The topological polar surface area (TPSA) is 49.6 Å². The first-order valence-electron chi connectivity index (χ1n) is 7.24. The molecule has 0 aliphatic rings. The van der Waals surface area contributed by atoms with Crippen LogP contribution >= 0.6 is 0 Å². The maximum absolute atomic E-state index is 12.6. The van der Waals surface area contributed by atoms with Crippen molar-refractivity contribution in [3.63, 3.8) is 0 Å². The molecule has 0 saturated heterocycles. The van der Waals surface area contributed by atoms with Gasteiger partial charge in [0.15, 0.2) is 0 Å². The van der Waals surface area contributed by atoms with E-state index in [2.05, 4.69) is 11.8 Å². The molecule has 1 aromatic rings. The summed E-state index contributed by atoms with van der Waals surface area (Å²) in [6, 6.07) is 7.99. The zero-order valence-electron chi connectivity index (χ0n) is 13.1. The van der Waals surface area contributed by atoms with Gasteiger partial charge < -0.3 is 15.5 Å². The van der Waals surface area contributed by atoms with Crippen molar-refractivity contribution >= 4 is 5.91 Å². The monoisotopic (exact) mass is 277 g/mol. The molecule has 1 amide bonds. The van der Waals surface area contributed by atoms with Crippen LogP contribution in [-0.4, -0.2) is 55.5 Å². The fourth-order valence-electron chi connectivity index (χ4n) is 2.47. The van der Waals surface area contributed by atoms with E-state index in [0.29, 0.717) is 6.54 Å². The lowest BCUT2D eigenvalue weighted by Crippen LogP contribution is -2.43. The number of benzene rings is 1. The fraction of sp³-hybridized carbons (Fsp3) is 0.562. The molecule has 0 heterocycles. The highest BCUT2D eigenvalue weighted by molar-refractivity contribution is 5.94. The molecule has 0 spiro atoms. The zero-order chi connectivity index (χ0) is 15.1. The molecule has 0 aliphatic carbocycles. The van der Waals surface area contributed by atoms with E-state index in [4.69, 9.17) is 5.73 Å². The molecular weight excluding hydrogens is 250 g/mol. The van der Waals surface area contributed by atoms with Crippen LogP contribution in [0.3, 0.4) is 0 Å². The normalized spacial score (nSPS) is 12.5. The van der Waals surface area contributed by atoms with Crippen molar-refractivity contribution < 1.29 is 4.79 Å². The van der Waals surface area contributed by atoms with Gasteiger partial charge in [-0.15, -0.1) is 0 Å². The van der Waals surface area contributed by atoms with Gasteiger partial charge in [-0.1, -0.05) is 12.1 Å². The van der Waals surface area contributed by atoms with Gasteiger partial charge in [0.25, 0.3) is 5.91 Å². The summed E-state index contributed by atoms with van der Waals surface area (Å²) in [6.07, 6.45) is 0.806. The minimum Gasteiger partial charge on any atom is -0.335 e. The molecule has 0 saturated carbocycles. The molecule has 1 aromatic carbocycles. The molecule has 0 aliphatic heterocycles. The third-order valence-corrected chi connectivity index (χ3v) is 3.37. The number of hydrogen-bond donors (Lipinski definition) is 1. The van der Waals surface area contributed by atoms with Gasteiger partial charge in [-0.05, 0) is 58.6 Å². The maximum Gasteiger partial charge on any atom is 0.254 e. The van der Waals surface area contributed by atoms with Crippen molar-refractivity contribution in [3.05, 3.63) is 35.4 Å². The van der Waals surface area contributed by atoms with E-state index in [-0.39, 0.29) is 11.9 Å². The van der Waals surface area contributed by atoms with Crippen LogP contribution in [0, 0.1) is 0 Å². The van der Waals surface area contributed by atoms with Crippen molar-refractivity contribution in [2.45, 2.75) is 26.3 Å². The largest absolute Gasteiger partial charge is 0.335 e. The molecule has 0 aromatic heterocycles. The fourth-order valence-corrected chi connectivity index (χ4v) is 2.47. The van der Waals surface area contributed by atoms with Crippen molar-refractivity contribution in [2.24, 2.45) is 5.73 Å². The summed E-state index contributed by atoms with van der Waals surface area (Å²) in [5.41, 5.74) is 7.45. The van der Waals surface area contributed by atoms with Gasteiger partial charge in [-0.3, -0.25) is 4.79 Å². The summed E-state index contributed by atoms with van der Waals surface area (Å²) >= 11 is 0. The predicted octanol–water partition coefficient (Wildman–Crippen LogP) is 1.60. The first kappa shape index (κ1) is 16.7. The van der Waals surface area contributed by atoms with E-state index in [1.807, 2.05) is 50.2 Å². The van der Waals surface area contributed by atoms with Crippen LogP contribution in [0.1, 0.15) is 29.8 Å². The lowest BCUT2D eigenvalue weighted by atomic mass is 10.1. The Balaban J connectivity index is 2.87. The SMILES string of the molecule is CCN(C(=O)c1cccc(CCN)c1)C(C)CN(C)C. The Morgan fingerprint density at radius 1 is 1.35 bits per heavy atom. The van der Waals surface area contributed by atoms with Crippen LogP contribution in [0.4, 0.5) is 0 Å². The van der Waals surface area contributed by atoms with E-state index in [0.717, 1.165) is 30.6 Å². The number of hydrogen-bond acceptors (Lipinski definition) is 3. The van der Waals surface area contributed by atoms with Crippen molar-refractivity contribution in [1.82, 2.24) is 9.80 Å². The van der Waals surface area contributed by atoms with Crippen LogP contribution in [-0.2, 0) is 6.42 Å². The third-order valence-electron chi connectivity index (χ3n) is 3.37. The standard InChI is InChI=1S/C16H27N3O/c1-5-19(13(2)12-18(3)4)16(20)15-8-6-7-14(11-15)9-10-17/h6-8,11,13H,5,9-10,12,17H2,1-4H3. The predicted molar refractivity (Wildman–Crippen MR) is 83.9 cm³/mol. The number of likely N-dealkylation sites (N-methyl/N-ethyl adjacent to an activating group) is 2. The molecule has 0 bridgehead atoms. The molecule has 1 atom stereocenters. The van der Waals surface area contributed by atoms with Gasteiger partial charge in [0.05, 0.1) is 0 Å². The summed E-state index contributed by atoms with van der Waals surface area (Å²) in [5, 5.41) is 0. The van der Waals surface area contributed by atoms with Crippen LogP contribution in [0.2, 0.25) is 0 Å². The Morgan fingerprint density at radius 2 is 2.05 bits per heavy atom. The highest BCUT2D eigenvalue weighted by atomic mass is 16.2. The molecule has 0 radical (unpaired) electrons. The summed E-state index contributed by atoms with van der Waals surface area (Å²) in [5.74, 6) is 0.0979. The summed E-state index contributed by atoms with van der Waals surface area (Å²) in [7, 11) is 4.05. The average Bonchev–Trinajstić information content (AvgIpc) is 2.39. The van der Waals surface area contributed by atoms with Crippen molar-refractivity contribution in [1.29, 1.82) is 0 Å². The molecule has 4 nitrogen and oxygen atoms in total. The van der Waals surface area contributed by atoms with Gasteiger partial charge in [-0.25, -0.2) is 0 Å². The van der Waals surface area contributed by atoms with E-state index in [9.17, 15) is 4.79 Å². The number of amides is 1. The molecular formula is C16H27N3O. The van der Waals surface area contributed by atoms with E-state index in [1.165, 1.54) is 0 Å². The van der Waals surface area contributed by atoms with E-state index >= 15 is 0 Å². The lowest BCUT2D eigenvalue weighted by molar-refractivity contribution is 0.0679. The average molecular weight is 277 g/mol. The van der Waals surface area contributed by atoms with Gasteiger partial charge >= 0.3 is 0 Å². The first-order valence-corrected chi connectivity index (χ1v) is 7.24. The molecule has 2 N–H and O–H groups in total. The van der Waals surface area contributed by atoms with Crippen LogP contribution in [0.5, 0.6) is 0 Å². The Bertz CT molecular complexity index is 431. The third kappa shape index (κ3) is 4.62. The Labute approximate surface area is 122 Å². The molecule has 0 fully saturated rings. The van der Waals surface area contributed by atoms with Crippen LogP contribution < -0.4 is 5.73 Å². The maximum atomic E-state index is 12.6. The first-order chi connectivity index (χ1) is 9.49. The van der Waals surface area contributed by atoms with Gasteiger partial charge in [0, 0.05) is 24.7 Å². The minimum atomic E-state index is 0.0979. The Morgan fingerprint density at radius 3 is 2.60 bits per heavy atom. The second-order valence-corrected chi connectivity index (χ2v) is 5.44. The van der Waals surface area contributed by atoms with Crippen molar-refractivity contribution in [2.75, 3.05) is 33.7 Å². The lowest BCUT2D eigenvalue weighted by Gasteiger charge is -2.30. The number of carbonyl (C=O) groups excluding carboxylic acids is 1. The zero-order valence-corrected chi connectivity index (χ0v) is 13.1. The van der Waals surface area contributed by atoms with Crippen molar-refractivity contribution in [3.8, 4) is 0 Å². The second-order valence-electron chi connectivity index (χ2n) is 5.44. The smallest absolute Gasteiger partial charge is 0.254 e. The Kier molecular flexibility index (Phi) is 6.68. The number of nitrogens with two attached hydrogens (primary N) is 1. The van der Waals surface area contributed by atoms with Gasteiger partial charge in [0.2, 0.25) is 0 Å². The summed E-state index contributed by atoms with van der Waals surface area (Å²) in [4.78, 5) is 16.7. The highest BCUT2D eigenvalue weighted by Gasteiger charge is 2.20. The molecule has 1 rings (SSSR count).